The quantitative estimate of drug-likeness (QED) is 0.373. The number of alkyl halides is 5. The highest BCUT2D eigenvalue weighted by Gasteiger charge is 2.58. The van der Waals surface area contributed by atoms with E-state index in [0.29, 0.717) is 5.82 Å². The summed E-state index contributed by atoms with van der Waals surface area (Å²) in [7, 11) is 0. The maximum Gasteiger partial charge on any atom is 0.417 e. The van der Waals surface area contributed by atoms with Crippen LogP contribution >= 0.6 is 0 Å². The third-order valence-corrected chi connectivity index (χ3v) is 6.72. The molecule has 0 N–H and O–H groups in total. The van der Waals surface area contributed by atoms with Crippen molar-refractivity contribution in [1.29, 1.82) is 0 Å². The Morgan fingerprint density at radius 3 is 2.35 bits per heavy atom. The van der Waals surface area contributed by atoms with Gasteiger partial charge in [0.05, 0.1) is 18.0 Å². The van der Waals surface area contributed by atoms with Crippen molar-refractivity contribution in [2.75, 3.05) is 29.4 Å². The number of carbonyl (C=O) groups is 2. The van der Waals surface area contributed by atoms with Crippen molar-refractivity contribution in [3.8, 4) is 0 Å². The Morgan fingerprint density at radius 2 is 1.76 bits per heavy atom. The molecule has 2 saturated heterocycles. The number of halogens is 5. The Hall–Kier alpha value is -3.91. The first kappa shape index (κ1) is 24.8. The van der Waals surface area contributed by atoms with Crippen molar-refractivity contribution >= 4 is 34.7 Å². The van der Waals surface area contributed by atoms with Gasteiger partial charge < -0.3 is 9.80 Å². The molecule has 5 rings (SSSR count). The molecule has 196 valence electrons. The third-order valence-electron chi connectivity index (χ3n) is 6.72. The lowest BCUT2D eigenvalue weighted by atomic mass is 9.85. The first-order chi connectivity index (χ1) is 17.5. The van der Waals surface area contributed by atoms with Gasteiger partial charge in [0, 0.05) is 25.8 Å². The molecule has 3 amide bonds. The number of fused-ring (bicyclic) bond motifs is 1. The van der Waals surface area contributed by atoms with Gasteiger partial charge in [-0.2, -0.15) is 18.3 Å². The summed E-state index contributed by atoms with van der Waals surface area (Å²) in [5.41, 5.74) is -1.79. The summed E-state index contributed by atoms with van der Waals surface area (Å²) >= 11 is 0. The number of imide groups is 1. The summed E-state index contributed by atoms with van der Waals surface area (Å²) in [5.74, 6) is -0.281. The number of amides is 3. The predicted molar refractivity (Wildman–Crippen MR) is 120 cm³/mol. The fraction of sp³-hybridized carbons (Fsp3) is 0.455. The van der Waals surface area contributed by atoms with Gasteiger partial charge in [0.15, 0.2) is 11.5 Å². The molecule has 10 nitrogen and oxygen atoms in total. The molecule has 0 aromatic carbocycles. The minimum atomic E-state index is -4.50. The number of likely N-dealkylation sites (N-methyl/N-ethyl adjacent to an activating group) is 1. The Labute approximate surface area is 206 Å². The highest BCUT2D eigenvalue weighted by Crippen LogP contribution is 2.40. The number of nitrogens with zero attached hydrogens (tertiary/aromatic N) is 8. The van der Waals surface area contributed by atoms with Crippen LogP contribution in [0.3, 0.4) is 0 Å². The van der Waals surface area contributed by atoms with Crippen LogP contribution in [0.5, 0.6) is 0 Å². The van der Waals surface area contributed by atoms with Gasteiger partial charge in [0.2, 0.25) is 0 Å². The first-order valence-electron chi connectivity index (χ1n) is 11.5. The number of aromatic nitrogens is 5. The van der Waals surface area contributed by atoms with E-state index < -0.39 is 42.2 Å². The van der Waals surface area contributed by atoms with Gasteiger partial charge in [0.1, 0.15) is 23.4 Å². The molecule has 2 fully saturated rings. The molecule has 0 saturated carbocycles. The number of carbonyl (C=O) groups excluding carboxylic acids is 2. The standard InChI is InChI=1S/C22H21F5N8O2/c1-2-33-20(37)35(17-11-28-14-10-30-34(12-15(23)24)18(14)31-17)19(36)21(33)5-7-32(8-6-21)16-4-3-13(9-29-16)22(25,26)27/h3-4,9-11,15H,2,5-8,12H2,1H3. The predicted octanol–water partition coefficient (Wildman–Crippen LogP) is 3.33. The van der Waals surface area contributed by atoms with E-state index in [-0.39, 0.29) is 49.5 Å². The van der Waals surface area contributed by atoms with E-state index in [4.69, 9.17) is 0 Å². The zero-order valence-electron chi connectivity index (χ0n) is 19.5. The summed E-state index contributed by atoms with van der Waals surface area (Å²) in [5, 5.41) is 3.85. The maximum absolute atomic E-state index is 13.7. The van der Waals surface area contributed by atoms with Crippen molar-refractivity contribution in [3.05, 3.63) is 36.3 Å². The molecule has 2 aliphatic heterocycles. The van der Waals surface area contributed by atoms with Crippen molar-refractivity contribution in [1.82, 2.24) is 29.6 Å². The third kappa shape index (κ3) is 4.11. The molecule has 37 heavy (non-hydrogen) atoms. The molecule has 1 spiro atoms. The number of anilines is 2. The molecule has 0 radical (unpaired) electrons. The number of hydrogen-bond donors (Lipinski definition) is 0. The molecule has 15 heteroatoms. The van der Waals surface area contributed by atoms with Crippen LogP contribution in [0.25, 0.3) is 11.2 Å². The van der Waals surface area contributed by atoms with Gasteiger partial charge in [-0.05, 0) is 31.9 Å². The van der Waals surface area contributed by atoms with Crippen molar-refractivity contribution in [2.45, 2.75) is 44.5 Å². The van der Waals surface area contributed by atoms with Crippen molar-refractivity contribution in [3.63, 3.8) is 0 Å². The van der Waals surface area contributed by atoms with Crippen LogP contribution < -0.4 is 9.80 Å². The van der Waals surface area contributed by atoms with Crippen LogP contribution in [0, 0.1) is 0 Å². The summed E-state index contributed by atoms with van der Waals surface area (Å²) in [6.07, 6.45) is -3.51. The zero-order chi connectivity index (χ0) is 26.5. The smallest absolute Gasteiger partial charge is 0.356 e. The van der Waals surface area contributed by atoms with Crippen molar-refractivity contribution in [2.24, 2.45) is 0 Å². The molecule has 2 aliphatic rings. The highest BCUT2D eigenvalue weighted by molar-refractivity contribution is 6.23. The molecular weight excluding hydrogens is 503 g/mol. The van der Waals surface area contributed by atoms with Gasteiger partial charge in [0.25, 0.3) is 12.3 Å². The van der Waals surface area contributed by atoms with Crippen LogP contribution in [-0.4, -0.2) is 73.2 Å². The van der Waals surface area contributed by atoms with Gasteiger partial charge in [-0.15, -0.1) is 0 Å². The van der Waals surface area contributed by atoms with Crippen LogP contribution in [0.2, 0.25) is 0 Å². The SMILES string of the molecule is CCN1C(=O)N(c2cnc3cnn(CC(F)F)c3n2)C(=O)C12CCN(c1ccc(C(F)(F)F)cn1)CC2. The lowest BCUT2D eigenvalue weighted by molar-refractivity contribution is -0.137. The van der Waals surface area contributed by atoms with E-state index in [2.05, 4.69) is 20.1 Å². The Morgan fingerprint density at radius 1 is 1.03 bits per heavy atom. The van der Waals surface area contributed by atoms with E-state index >= 15 is 0 Å². The number of urea groups is 1. The summed E-state index contributed by atoms with van der Waals surface area (Å²) in [6.45, 7) is 1.77. The van der Waals surface area contributed by atoms with E-state index in [0.717, 1.165) is 21.8 Å². The largest absolute Gasteiger partial charge is 0.417 e. The van der Waals surface area contributed by atoms with E-state index in [1.807, 2.05) is 0 Å². The summed E-state index contributed by atoms with van der Waals surface area (Å²) < 4.78 is 65.4. The van der Waals surface area contributed by atoms with Gasteiger partial charge in [-0.3, -0.25) is 4.79 Å². The minimum absolute atomic E-state index is 0.0191. The van der Waals surface area contributed by atoms with Crippen LogP contribution in [-0.2, 0) is 17.5 Å². The van der Waals surface area contributed by atoms with Crippen LogP contribution in [0.1, 0.15) is 25.3 Å². The number of pyridine rings is 1. The molecule has 0 unspecified atom stereocenters. The maximum atomic E-state index is 13.7. The zero-order valence-corrected chi connectivity index (χ0v) is 19.5. The molecule has 5 heterocycles. The summed E-state index contributed by atoms with van der Waals surface area (Å²) in [4.78, 5) is 43.4. The second kappa shape index (κ2) is 8.88. The summed E-state index contributed by atoms with van der Waals surface area (Å²) in [6, 6.07) is 1.62. The average Bonchev–Trinajstić information content (AvgIpc) is 3.34. The number of piperidine rings is 1. The molecule has 3 aromatic heterocycles. The van der Waals surface area contributed by atoms with E-state index in [1.54, 1.807) is 11.8 Å². The highest BCUT2D eigenvalue weighted by atomic mass is 19.4. The van der Waals surface area contributed by atoms with Gasteiger partial charge >= 0.3 is 12.2 Å². The molecule has 0 atom stereocenters. The van der Waals surface area contributed by atoms with E-state index in [9.17, 15) is 31.5 Å². The Kier molecular flexibility index (Phi) is 5.95. The lowest BCUT2D eigenvalue weighted by Gasteiger charge is -2.42. The molecule has 3 aromatic rings. The van der Waals surface area contributed by atoms with Crippen molar-refractivity contribution < 1.29 is 31.5 Å². The van der Waals surface area contributed by atoms with Crippen LogP contribution in [0.4, 0.5) is 38.4 Å². The Bertz CT molecular complexity index is 1340. The topological polar surface area (TPSA) is 100 Å². The number of rotatable bonds is 5. The second-order valence-electron chi connectivity index (χ2n) is 8.74. The van der Waals surface area contributed by atoms with Gasteiger partial charge in [-0.1, -0.05) is 0 Å². The fourth-order valence-electron chi connectivity index (χ4n) is 4.90. The average molecular weight is 524 g/mol. The van der Waals surface area contributed by atoms with Crippen LogP contribution in [0.15, 0.2) is 30.7 Å². The first-order valence-corrected chi connectivity index (χ1v) is 11.5. The van der Waals surface area contributed by atoms with E-state index in [1.165, 1.54) is 23.4 Å². The minimum Gasteiger partial charge on any atom is -0.356 e. The Balaban J connectivity index is 1.40. The number of hydrogen-bond acceptors (Lipinski definition) is 7. The molecular formula is C22H21F5N8O2. The second-order valence-corrected chi connectivity index (χ2v) is 8.74. The lowest BCUT2D eigenvalue weighted by Crippen LogP contribution is -2.56. The molecule has 0 bridgehead atoms. The van der Waals surface area contributed by atoms with Gasteiger partial charge in [-0.25, -0.2) is 38.1 Å². The molecule has 0 aliphatic carbocycles. The monoisotopic (exact) mass is 524 g/mol. The fourth-order valence-corrected chi connectivity index (χ4v) is 4.90. The normalized spacial score (nSPS) is 18.2.